The second-order valence-corrected chi connectivity index (χ2v) is 8.51. The van der Waals surface area contributed by atoms with Crippen molar-refractivity contribution in [2.75, 3.05) is 5.32 Å². The van der Waals surface area contributed by atoms with Crippen LogP contribution >= 0.6 is 0 Å². The highest BCUT2D eigenvalue weighted by atomic mass is 16.6. The molecule has 8 nitrogen and oxygen atoms in total. The number of benzene rings is 1. The number of nitrogens with one attached hydrogen (secondary N) is 4. The molecular weight excluding hydrogens is 396 g/mol. The summed E-state index contributed by atoms with van der Waals surface area (Å²) in [4.78, 5) is 41.8. The summed E-state index contributed by atoms with van der Waals surface area (Å²) in [5.41, 5.74) is 4.42. The molecule has 2 heterocycles. The Hall–Kier alpha value is -3.81. The number of amides is 2. The molecule has 0 saturated carbocycles. The lowest BCUT2D eigenvalue weighted by Crippen LogP contribution is -2.27. The van der Waals surface area contributed by atoms with Crippen LogP contribution in [0.4, 0.5) is 10.5 Å². The fraction of sp³-hybridized carbons (Fsp3) is 0.261. The first-order valence-corrected chi connectivity index (χ1v) is 10.0. The molecular formula is C23H24N4O4. The molecule has 8 heteroatoms. The van der Waals surface area contributed by atoms with E-state index in [9.17, 15) is 14.4 Å². The highest BCUT2D eigenvalue weighted by Gasteiger charge is 2.18. The molecule has 31 heavy (non-hydrogen) atoms. The first-order chi connectivity index (χ1) is 14.7. The van der Waals surface area contributed by atoms with Gasteiger partial charge in [0.1, 0.15) is 11.3 Å². The number of anilines is 1. The molecule has 0 aliphatic heterocycles. The van der Waals surface area contributed by atoms with Crippen molar-refractivity contribution in [3.63, 3.8) is 0 Å². The lowest BCUT2D eigenvalue weighted by atomic mass is 10.0. The Morgan fingerprint density at radius 2 is 1.87 bits per heavy atom. The molecule has 1 aliphatic carbocycles. The lowest BCUT2D eigenvalue weighted by Gasteiger charge is -2.19. The van der Waals surface area contributed by atoms with Gasteiger partial charge >= 0.3 is 6.09 Å². The van der Waals surface area contributed by atoms with Crippen LogP contribution in [0.3, 0.4) is 0 Å². The van der Waals surface area contributed by atoms with E-state index in [0.717, 1.165) is 40.6 Å². The molecule has 1 aliphatic rings. The van der Waals surface area contributed by atoms with Crippen molar-refractivity contribution >= 4 is 41.0 Å². The van der Waals surface area contributed by atoms with E-state index >= 15 is 0 Å². The number of fused-ring (bicyclic) bond motifs is 2. The van der Waals surface area contributed by atoms with E-state index in [-0.39, 0.29) is 5.91 Å². The van der Waals surface area contributed by atoms with E-state index in [4.69, 9.17) is 4.74 Å². The van der Waals surface area contributed by atoms with Gasteiger partial charge in [-0.3, -0.25) is 14.9 Å². The summed E-state index contributed by atoms with van der Waals surface area (Å²) >= 11 is 0. The Kier molecular flexibility index (Phi) is 5.14. The average molecular weight is 420 g/mol. The second-order valence-electron chi connectivity index (χ2n) is 8.51. The summed E-state index contributed by atoms with van der Waals surface area (Å²) < 4.78 is 5.27. The summed E-state index contributed by atoms with van der Waals surface area (Å²) in [6.45, 7) is 5.39. The molecule has 0 atom stereocenters. The van der Waals surface area contributed by atoms with E-state index in [1.54, 1.807) is 51.1 Å². The highest BCUT2D eigenvalue weighted by molar-refractivity contribution is 6.00. The lowest BCUT2D eigenvalue weighted by molar-refractivity contribution is 0.0635. The number of rotatable bonds is 4. The third kappa shape index (κ3) is 4.69. The number of carbonyl (C=O) groups is 3. The molecule has 0 bridgehead atoms. The number of aldehydes is 1. The molecule has 4 rings (SSSR count). The largest absolute Gasteiger partial charge is 0.444 e. The van der Waals surface area contributed by atoms with E-state index in [1.165, 1.54) is 0 Å². The van der Waals surface area contributed by atoms with Crippen molar-refractivity contribution in [3.05, 3.63) is 58.7 Å². The van der Waals surface area contributed by atoms with Gasteiger partial charge in [0.25, 0.3) is 5.91 Å². The van der Waals surface area contributed by atoms with Crippen LogP contribution < -0.4 is 10.6 Å². The fourth-order valence-corrected chi connectivity index (χ4v) is 3.52. The van der Waals surface area contributed by atoms with E-state index in [1.807, 2.05) is 6.08 Å². The van der Waals surface area contributed by atoms with Gasteiger partial charge in [0.15, 0.2) is 6.29 Å². The van der Waals surface area contributed by atoms with Crippen molar-refractivity contribution in [1.82, 2.24) is 15.3 Å². The molecule has 0 unspecified atom stereocenters. The number of H-pyrrole nitrogens is 2. The average Bonchev–Trinajstić information content (AvgIpc) is 3.29. The van der Waals surface area contributed by atoms with Crippen LogP contribution in [0.15, 0.2) is 36.0 Å². The van der Waals surface area contributed by atoms with Crippen molar-refractivity contribution in [2.45, 2.75) is 39.2 Å². The summed E-state index contributed by atoms with van der Waals surface area (Å²) in [5.74, 6) is -0.251. The zero-order chi connectivity index (χ0) is 22.2. The number of aromatic nitrogens is 2. The van der Waals surface area contributed by atoms with Gasteiger partial charge in [-0.2, -0.15) is 0 Å². The quantitative estimate of drug-likeness (QED) is 0.469. The van der Waals surface area contributed by atoms with Crippen LogP contribution in [0.1, 0.15) is 59.4 Å². The van der Waals surface area contributed by atoms with Crippen molar-refractivity contribution in [2.24, 2.45) is 0 Å². The summed E-state index contributed by atoms with van der Waals surface area (Å²) in [5, 5.41) is 6.43. The number of aryl methyl sites for hydroxylation is 1. The number of aromatic amines is 2. The van der Waals surface area contributed by atoms with E-state index < -0.39 is 11.7 Å². The van der Waals surface area contributed by atoms with E-state index in [0.29, 0.717) is 23.5 Å². The zero-order valence-corrected chi connectivity index (χ0v) is 17.6. The highest BCUT2D eigenvalue weighted by Crippen LogP contribution is 2.24. The van der Waals surface area contributed by atoms with Gasteiger partial charge in [0.05, 0.1) is 5.69 Å². The first kappa shape index (κ1) is 20.5. The molecule has 0 fully saturated rings. The van der Waals surface area contributed by atoms with Gasteiger partial charge in [0.2, 0.25) is 0 Å². The summed E-state index contributed by atoms with van der Waals surface area (Å²) in [7, 11) is 0. The van der Waals surface area contributed by atoms with Crippen LogP contribution in [0, 0.1) is 0 Å². The maximum absolute atomic E-state index is 12.7. The summed E-state index contributed by atoms with van der Waals surface area (Å²) in [6.07, 6.45) is 3.52. The minimum atomic E-state index is -0.586. The molecule has 2 aromatic heterocycles. The Balaban J connectivity index is 1.47. The molecule has 0 saturated heterocycles. The number of carbonyl (C=O) groups excluding carboxylic acids is 3. The van der Waals surface area contributed by atoms with Gasteiger partial charge < -0.3 is 20.0 Å². The Morgan fingerprint density at radius 1 is 1.06 bits per heavy atom. The van der Waals surface area contributed by atoms with Crippen molar-refractivity contribution in [3.8, 4) is 0 Å². The second kappa shape index (κ2) is 7.79. The first-order valence-electron chi connectivity index (χ1n) is 10.0. The van der Waals surface area contributed by atoms with Gasteiger partial charge in [-0.15, -0.1) is 0 Å². The zero-order valence-electron chi connectivity index (χ0n) is 17.6. The van der Waals surface area contributed by atoms with Crippen LogP contribution in [-0.2, 0) is 11.2 Å². The van der Waals surface area contributed by atoms with Gasteiger partial charge in [-0.1, -0.05) is 0 Å². The van der Waals surface area contributed by atoms with Crippen molar-refractivity contribution in [1.29, 1.82) is 0 Å². The van der Waals surface area contributed by atoms with Gasteiger partial charge in [-0.25, -0.2) is 4.79 Å². The Bertz CT molecular complexity index is 1210. The Labute approximate surface area is 179 Å². The molecule has 0 radical (unpaired) electrons. The predicted octanol–water partition coefficient (Wildman–Crippen LogP) is 4.37. The minimum Gasteiger partial charge on any atom is -0.444 e. The maximum atomic E-state index is 12.7. The molecule has 1 aromatic carbocycles. The fourth-order valence-electron chi connectivity index (χ4n) is 3.52. The third-order valence-electron chi connectivity index (χ3n) is 4.84. The number of hydrogen-bond donors (Lipinski definition) is 4. The van der Waals surface area contributed by atoms with Gasteiger partial charge in [0, 0.05) is 28.0 Å². The standard InChI is InChI=1S/C23H24N4O4/c1-23(2,3)31-22(30)26-16-5-7-19-14(9-16)11-20(27-19)21(29)25-15-4-6-18-13(8-15)10-17(12-28)24-18/h5,7-12,24,27H,4,6H2,1-3H3,(H,25,29)(H,26,30). The smallest absolute Gasteiger partial charge is 0.412 e. The van der Waals surface area contributed by atoms with Crippen LogP contribution in [0.25, 0.3) is 17.0 Å². The Morgan fingerprint density at radius 3 is 2.61 bits per heavy atom. The number of allylic oxidation sites excluding steroid dienone is 1. The molecule has 3 aromatic rings. The summed E-state index contributed by atoms with van der Waals surface area (Å²) in [6, 6.07) is 8.83. The van der Waals surface area contributed by atoms with Crippen LogP contribution in [0.2, 0.25) is 0 Å². The van der Waals surface area contributed by atoms with Gasteiger partial charge in [-0.05, 0) is 75.6 Å². The number of ether oxygens (including phenoxy) is 1. The predicted molar refractivity (Wildman–Crippen MR) is 118 cm³/mol. The normalized spacial score (nSPS) is 13.3. The van der Waals surface area contributed by atoms with Crippen LogP contribution in [0.5, 0.6) is 0 Å². The molecule has 160 valence electrons. The molecule has 2 amide bonds. The minimum absolute atomic E-state index is 0.251. The number of hydrogen-bond acceptors (Lipinski definition) is 4. The van der Waals surface area contributed by atoms with Crippen LogP contribution in [-0.4, -0.2) is 33.9 Å². The maximum Gasteiger partial charge on any atom is 0.412 e. The topological polar surface area (TPSA) is 116 Å². The molecule has 0 spiro atoms. The molecule has 4 N–H and O–H groups in total. The SMILES string of the molecule is CC(C)(C)OC(=O)Nc1ccc2[nH]c(C(=O)NC3=Cc4cc(C=O)[nH]c4CC3)cc2c1. The van der Waals surface area contributed by atoms with E-state index in [2.05, 4.69) is 20.6 Å². The van der Waals surface area contributed by atoms with Crippen molar-refractivity contribution < 1.29 is 19.1 Å². The monoisotopic (exact) mass is 420 g/mol. The third-order valence-corrected chi connectivity index (χ3v) is 4.84.